The van der Waals surface area contributed by atoms with Crippen molar-refractivity contribution >= 4 is 0 Å². The zero-order valence-corrected chi connectivity index (χ0v) is 10.4. The normalized spacial score (nSPS) is 14.4. The fourth-order valence-electron chi connectivity index (χ4n) is 2.25. The molecule has 3 nitrogen and oxygen atoms in total. The molecule has 0 N–H and O–H groups in total. The van der Waals surface area contributed by atoms with Gasteiger partial charge in [-0.15, -0.1) is 0 Å². The molecule has 90 valence electrons. The Labute approximate surface area is 107 Å². The maximum atomic E-state index is 8.79. The number of aromatic nitrogens is 2. The number of rotatable bonds is 3. The maximum Gasteiger partial charge on any atom is 0.0793 e. The Morgan fingerprint density at radius 3 is 2.89 bits per heavy atom. The van der Waals surface area contributed by atoms with E-state index in [2.05, 4.69) is 42.4 Å². The van der Waals surface area contributed by atoms with E-state index in [1.165, 1.54) is 24.1 Å². The van der Waals surface area contributed by atoms with E-state index >= 15 is 0 Å². The maximum absolute atomic E-state index is 8.79. The summed E-state index contributed by atoms with van der Waals surface area (Å²) in [6.07, 6.45) is 2.87. The molecule has 1 heterocycles. The summed E-state index contributed by atoms with van der Waals surface area (Å²) < 4.78 is 2.01. The molecule has 3 heteroatoms. The summed E-state index contributed by atoms with van der Waals surface area (Å²) in [6, 6.07) is 12.6. The highest BCUT2D eigenvalue weighted by Crippen LogP contribution is 2.41. The van der Waals surface area contributed by atoms with Crippen molar-refractivity contribution in [2.24, 2.45) is 0 Å². The Bertz CT molecular complexity index is 615. The predicted molar refractivity (Wildman–Crippen MR) is 69.6 cm³/mol. The van der Waals surface area contributed by atoms with Gasteiger partial charge in [0.25, 0.3) is 0 Å². The predicted octanol–water partition coefficient (Wildman–Crippen LogP) is 3.12. The minimum absolute atomic E-state index is 0.387. The van der Waals surface area contributed by atoms with Crippen molar-refractivity contribution in [3.05, 3.63) is 47.3 Å². The van der Waals surface area contributed by atoms with Crippen LogP contribution in [0.5, 0.6) is 0 Å². The van der Waals surface area contributed by atoms with E-state index in [1.807, 2.05) is 10.7 Å². The van der Waals surface area contributed by atoms with Gasteiger partial charge in [-0.1, -0.05) is 12.1 Å². The van der Waals surface area contributed by atoms with Crippen LogP contribution in [0.25, 0.3) is 5.69 Å². The highest BCUT2D eigenvalue weighted by atomic mass is 15.3. The van der Waals surface area contributed by atoms with Crippen LogP contribution in [0.15, 0.2) is 30.3 Å². The zero-order chi connectivity index (χ0) is 12.5. The molecule has 1 aliphatic rings. The third kappa shape index (κ3) is 2.02. The highest BCUT2D eigenvalue weighted by Gasteiger charge is 2.28. The molecule has 0 atom stereocenters. The van der Waals surface area contributed by atoms with Crippen LogP contribution in [0.2, 0.25) is 0 Å². The first-order chi connectivity index (χ1) is 8.78. The van der Waals surface area contributed by atoms with E-state index in [4.69, 9.17) is 5.26 Å². The van der Waals surface area contributed by atoms with Crippen molar-refractivity contribution in [2.45, 2.75) is 32.1 Å². The average molecular weight is 237 g/mol. The Morgan fingerprint density at radius 2 is 2.22 bits per heavy atom. The van der Waals surface area contributed by atoms with Crippen molar-refractivity contribution < 1.29 is 0 Å². The molecule has 18 heavy (non-hydrogen) atoms. The molecular formula is C15H15N3. The molecule has 0 unspecified atom stereocenters. The molecule has 0 saturated heterocycles. The monoisotopic (exact) mass is 237 g/mol. The van der Waals surface area contributed by atoms with Crippen LogP contribution in [0.3, 0.4) is 0 Å². The topological polar surface area (TPSA) is 41.6 Å². The second kappa shape index (κ2) is 4.30. The summed E-state index contributed by atoms with van der Waals surface area (Å²) in [5.41, 5.74) is 4.46. The fraction of sp³-hybridized carbons (Fsp3) is 0.333. The summed E-state index contributed by atoms with van der Waals surface area (Å²) in [5, 5.41) is 13.4. The second-order valence-electron chi connectivity index (χ2n) is 4.92. The van der Waals surface area contributed by atoms with E-state index in [1.54, 1.807) is 0 Å². The van der Waals surface area contributed by atoms with Crippen LogP contribution in [0.1, 0.15) is 35.7 Å². The lowest BCUT2D eigenvalue weighted by Gasteiger charge is -2.07. The smallest absolute Gasteiger partial charge is 0.0793 e. The van der Waals surface area contributed by atoms with Gasteiger partial charge in [0.15, 0.2) is 0 Å². The van der Waals surface area contributed by atoms with Crippen LogP contribution in [-0.4, -0.2) is 9.78 Å². The Kier molecular flexibility index (Phi) is 2.64. The van der Waals surface area contributed by atoms with Gasteiger partial charge in [0.05, 0.1) is 23.9 Å². The first-order valence-electron chi connectivity index (χ1n) is 6.31. The van der Waals surface area contributed by atoms with Gasteiger partial charge in [-0.25, -0.2) is 4.68 Å². The number of aryl methyl sites for hydroxylation is 1. The summed E-state index contributed by atoms with van der Waals surface area (Å²) in [5.74, 6) is 0.630. The van der Waals surface area contributed by atoms with Gasteiger partial charge >= 0.3 is 0 Å². The lowest BCUT2D eigenvalue weighted by molar-refractivity contribution is 0.794. The third-order valence-corrected chi connectivity index (χ3v) is 3.29. The van der Waals surface area contributed by atoms with Crippen molar-refractivity contribution in [3.63, 3.8) is 0 Å². The lowest BCUT2D eigenvalue weighted by Crippen LogP contribution is -2.01. The van der Waals surface area contributed by atoms with E-state index in [-0.39, 0.29) is 0 Å². The average Bonchev–Trinajstić information content (AvgIpc) is 3.11. The SMILES string of the molecule is Cc1cccc(-n2nc(CC#N)cc2C2CC2)c1. The summed E-state index contributed by atoms with van der Waals surface area (Å²) in [6.45, 7) is 2.08. The standard InChI is InChI=1S/C15H15N3/c1-11-3-2-4-14(9-11)18-15(12-5-6-12)10-13(17-18)7-8-16/h2-4,9-10,12H,5-7H2,1H3. The van der Waals surface area contributed by atoms with Crippen LogP contribution >= 0.6 is 0 Å². The molecule has 1 aromatic carbocycles. The second-order valence-corrected chi connectivity index (χ2v) is 4.92. The Morgan fingerprint density at radius 1 is 1.39 bits per heavy atom. The number of benzene rings is 1. The minimum atomic E-state index is 0.387. The minimum Gasteiger partial charge on any atom is -0.237 e. The number of hydrogen-bond acceptors (Lipinski definition) is 2. The van der Waals surface area contributed by atoms with Crippen LogP contribution in [-0.2, 0) is 6.42 Å². The molecule has 0 bridgehead atoms. The van der Waals surface area contributed by atoms with Crippen molar-refractivity contribution in [1.82, 2.24) is 9.78 Å². The van der Waals surface area contributed by atoms with Crippen molar-refractivity contribution in [1.29, 1.82) is 5.26 Å². The van der Waals surface area contributed by atoms with E-state index in [0.717, 1.165) is 11.4 Å². The summed E-state index contributed by atoms with van der Waals surface area (Å²) in [4.78, 5) is 0. The number of nitriles is 1. The molecule has 1 fully saturated rings. The first-order valence-corrected chi connectivity index (χ1v) is 6.31. The largest absolute Gasteiger partial charge is 0.237 e. The molecule has 0 radical (unpaired) electrons. The third-order valence-electron chi connectivity index (χ3n) is 3.29. The molecular weight excluding hydrogens is 222 g/mol. The van der Waals surface area contributed by atoms with Gasteiger partial charge in [0, 0.05) is 11.6 Å². The molecule has 0 aliphatic heterocycles. The van der Waals surface area contributed by atoms with Crippen molar-refractivity contribution in [3.8, 4) is 11.8 Å². The van der Waals surface area contributed by atoms with Crippen LogP contribution in [0, 0.1) is 18.3 Å². The first kappa shape index (κ1) is 11.0. The molecule has 2 aromatic rings. The van der Waals surface area contributed by atoms with E-state index in [0.29, 0.717) is 12.3 Å². The number of hydrogen-bond donors (Lipinski definition) is 0. The Hall–Kier alpha value is -2.08. The molecule has 1 aromatic heterocycles. The molecule has 1 aliphatic carbocycles. The van der Waals surface area contributed by atoms with E-state index in [9.17, 15) is 0 Å². The molecule has 0 amide bonds. The van der Waals surface area contributed by atoms with E-state index < -0.39 is 0 Å². The van der Waals surface area contributed by atoms with Gasteiger partial charge < -0.3 is 0 Å². The molecule has 3 rings (SSSR count). The Balaban J connectivity index is 2.07. The van der Waals surface area contributed by atoms with Crippen LogP contribution < -0.4 is 0 Å². The van der Waals surface area contributed by atoms with Crippen LogP contribution in [0.4, 0.5) is 0 Å². The number of nitrogens with zero attached hydrogens (tertiary/aromatic N) is 3. The highest BCUT2D eigenvalue weighted by molar-refractivity contribution is 5.38. The fourth-order valence-corrected chi connectivity index (χ4v) is 2.25. The van der Waals surface area contributed by atoms with Crippen molar-refractivity contribution in [2.75, 3.05) is 0 Å². The summed E-state index contributed by atoms with van der Waals surface area (Å²) in [7, 11) is 0. The van der Waals surface area contributed by atoms with Gasteiger partial charge in [-0.05, 0) is 43.5 Å². The van der Waals surface area contributed by atoms with Gasteiger partial charge in [0.1, 0.15) is 0 Å². The molecule has 1 saturated carbocycles. The lowest BCUT2D eigenvalue weighted by atomic mass is 10.2. The molecule has 0 spiro atoms. The quantitative estimate of drug-likeness (QED) is 0.823. The van der Waals surface area contributed by atoms with Gasteiger partial charge in [-0.3, -0.25) is 0 Å². The summed E-state index contributed by atoms with van der Waals surface area (Å²) >= 11 is 0. The van der Waals surface area contributed by atoms with Gasteiger partial charge in [-0.2, -0.15) is 10.4 Å². The van der Waals surface area contributed by atoms with Gasteiger partial charge in [0.2, 0.25) is 0 Å². The zero-order valence-electron chi connectivity index (χ0n) is 10.4.